The van der Waals surface area contributed by atoms with Crippen molar-refractivity contribution in [3.05, 3.63) is 0 Å². The van der Waals surface area contributed by atoms with Gasteiger partial charge in [0.2, 0.25) is 0 Å². The lowest BCUT2D eigenvalue weighted by Crippen LogP contribution is -2.02. The van der Waals surface area contributed by atoms with Gasteiger partial charge in [0.15, 0.2) is 0 Å². The van der Waals surface area contributed by atoms with Crippen molar-refractivity contribution in [3.63, 3.8) is 0 Å². The van der Waals surface area contributed by atoms with Crippen molar-refractivity contribution < 1.29 is 5.11 Å². The van der Waals surface area contributed by atoms with Gasteiger partial charge in [-0.25, -0.2) is 0 Å². The number of aliphatic hydroxyl groups excluding tert-OH is 1. The van der Waals surface area contributed by atoms with Crippen LogP contribution in [0.2, 0.25) is 0 Å². The van der Waals surface area contributed by atoms with E-state index < -0.39 is 0 Å². The van der Waals surface area contributed by atoms with E-state index in [4.69, 9.17) is 10.8 Å². The molecule has 3 heteroatoms. The van der Waals surface area contributed by atoms with Gasteiger partial charge < -0.3 is 10.8 Å². The zero-order chi connectivity index (χ0) is 3.41. The van der Waals surface area contributed by atoms with E-state index in [1.807, 2.05) is 0 Å². The molecule has 0 aliphatic carbocycles. The monoisotopic (exact) mass is 99.0 g/mol. The molecule has 0 aliphatic heterocycles. The molecule has 0 heterocycles. The summed E-state index contributed by atoms with van der Waals surface area (Å²) in [6.45, 7) is 0.472. The van der Waals surface area contributed by atoms with Crippen LogP contribution in [0.5, 0.6) is 0 Å². The molecule has 0 aromatic rings. The Morgan fingerprint density at radius 3 is 1.80 bits per heavy atom. The SMILES string of the molecule is Cl.N[13CH2][13CH2]O. The molecule has 34 valence electrons. The number of nitrogens with two attached hydrogens (primary N) is 1. The van der Waals surface area contributed by atoms with Gasteiger partial charge in [0, 0.05) is 6.54 Å². The second-order valence-corrected chi connectivity index (χ2v) is 0.512. The van der Waals surface area contributed by atoms with Crippen LogP contribution in [-0.2, 0) is 0 Å². The number of hydrogen-bond donors (Lipinski definition) is 2. The van der Waals surface area contributed by atoms with Crippen molar-refractivity contribution in [2.75, 3.05) is 13.2 Å². The molecular formula is C2H8ClNO. The van der Waals surface area contributed by atoms with Crippen LogP contribution in [0.4, 0.5) is 0 Å². The molecule has 3 N–H and O–H groups in total. The minimum Gasteiger partial charge on any atom is -0.395 e. The Balaban J connectivity index is 0. The van der Waals surface area contributed by atoms with Crippen molar-refractivity contribution in [3.8, 4) is 0 Å². The van der Waals surface area contributed by atoms with E-state index in [9.17, 15) is 0 Å². The number of hydrogen-bond acceptors (Lipinski definition) is 2. The lowest BCUT2D eigenvalue weighted by molar-refractivity contribution is 0.306. The standard InChI is InChI=1S/C2H7NO.ClH/c3-1-2-4;/h4H,1-3H2;1H/i1+1,2+1;. The largest absolute Gasteiger partial charge is 0.395 e. The van der Waals surface area contributed by atoms with Crippen LogP contribution in [0.1, 0.15) is 0 Å². The predicted molar refractivity (Wildman–Crippen MR) is 23.4 cm³/mol. The lowest BCUT2D eigenvalue weighted by Gasteiger charge is -1.71. The normalized spacial score (nSPS) is 6.00. The van der Waals surface area contributed by atoms with Crippen LogP contribution in [0.3, 0.4) is 0 Å². The van der Waals surface area contributed by atoms with Gasteiger partial charge in [-0.3, -0.25) is 0 Å². The summed E-state index contributed by atoms with van der Waals surface area (Å²) < 4.78 is 0. The molecule has 0 unspecified atom stereocenters. The Bertz CT molecular complexity index is 11.6. The third-order valence-electron chi connectivity index (χ3n) is 0.129. The first kappa shape index (κ1) is 8.96. The third kappa shape index (κ3) is 14.0. The molecule has 0 fully saturated rings. The van der Waals surface area contributed by atoms with E-state index in [-0.39, 0.29) is 19.0 Å². The molecular weight excluding hydrogens is 91.5 g/mol. The quantitative estimate of drug-likeness (QED) is 0.430. The molecule has 2 nitrogen and oxygen atoms in total. The number of rotatable bonds is 1. The first-order valence-electron chi connectivity index (χ1n) is 1.22. The maximum atomic E-state index is 7.75. The molecule has 0 aromatic heterocycles. The van der Waals surface area contributed by atoms with Crippen LogP contribution in [0, 0.1) is 0 Å². The molecule has 0 rings (SSSR count). The molecule has 0 atom stereocenters. The van der Waals surface area contributed by atoms with E-state index in [1.54, 1.807) is 0 Å². The predicted octanol–water partition coefficient (Wildman–Crippen LogP) is -0.641. The van der Waals surface area contributed by atoms with Gasteiger partial charge in [-0.05, 0) is 0 Å². The fourth-order valence-corrected chi connectivity index (χ4v) is 0. The highest BCUT2D eigenvalue weighted by molar-refractivity contribution is 5.85. The topological polar surface area (TPSA) is 46.2 Å². The maximum absolute atomic E-state index is 7.75. The van der Waals surface area contributed by atoms with Gasteiger partial charge in [0.05, 0.1) is 6.61 Å². The minimum absolute atomic E-state index is 0. The second kappa shape index (κ2) is 8.88. The minimum atomic E-state index is 0. The second-order valence-electron chi connectivity index (χ2n) is 0.512. The molecule has 0 bridgehead atoms. The Hall–Kier alpha value is 0.210. The molecule has 0 saturated carbocycles. The first-order valence-corrected chi connectivity index (χ1v) is 1.22. The van der Waals surface area contributed by atoms with E-state index in [1.165, 1.54) is 0 Å². The van der Waals surface area contributed by atoms with E-state index in [2.05, 4.69) is 0 Å². The van der Waals surface area contributed by atoms with Crippen molar-refractivity contribution in [2.24, 2.45) is 5.73 Å². The third-order valence-corrected chi connectivity index (χ3v) is 0.129. The smallest absolute Gasteiger partial charge is 0.0553 e. The first-order chi connectivity index (χ1) is 1.91. The van der Waals surface area contributed by atoms with Gasteiger partial charge >= 0.3 is 0 Å². The fraction of sp³-hybridized carbons (Fsp3) is 1.00. The van der Waals surface area contributed by atoms with Crippen LogP contribution < -0.4 is 5.73 Å². The van der Waals surface area contributed by atoms with Crippen LogP contribution in [0.15, 0.2) is 0 Å². The summed E-state index contributed by atoms with van der Waals surface area (Å²) in [5, 5.41) is 7.75. The van der Waals surface area contributed by atoms with Gasteiger partial charge in [-0.1, -0.05) is 0 Å². The summed E-state index contributed by atoms with van der Waals surface area (Å²) in [5.41, 5.74) is 4.78. The van der Waals surface area contributed by atoms with E-state index >= 15 is 0 Å². The van der Waals surface area contributed by atoms with Crippen molar-refractivity contribution in [1.82, 2.24) is 0 Å². The van der Waals surface area contributed by atoms with Crippen LogP contribution >= 0.6 is 12.4 Å². The molecule has 0 aromatic carbocycles. The Morgan fingerprint density at radius 1 is 1.60 bits per heavy atom. The van der Waals surface area contributed by atoms with Gasteiger partial charge in [-0.15, -0.1) is 12.4 Å². The van der Waals surface area contributed by atoms with Gasteiger partial charge in [0.25, 0.3) is 0 Å². The Morgan fingerprint density at radius 2 is 1.80 bits per heavy atom. The van der Waals surface area contributed by atoms with Gasteiger partial charge in [0.1, 0.15) is 0 Å². The zero-order valence-electron chi connectivity index (χ0n) is 2.85. The Kier molecular flexibility index (Phi) is 15.9. The average molecular weight is 99.5 g/mol. The summed E-state index contributed by atoms with van der Waals surface area (Å²) in [6.07, 6.45) is 0. The highest BCUT2D eigenvalue weighted by Gasteiger charge is 1.56. The summed E-state index contributed by atoms with van der Waals surface area (Å²) in [7, 11) is 0. The molecule has 0 radical (unpaired) electrons. The fourth-order valence-electron chi connectivity index (χ4n) is 0. The molecule has 5 heavy (non-hydrogen) atoms. The van der Waals surface area contributed by atoms with Crippen LogP contribution in [-0.4, -0.2) is 18.3 Å². The van der Waals surface area contributed by atoms with Crippen LogP contribution in [0.25, 0.3) is 0 Å². The molecule has 0 amide bonds. The number of aliphatic hydroxyl groups is 1. The summed E-state index contributed by atoms with van der Waals surface area (Å²) >= 11 is 0. The van der Waals surface area contributed by atoms with Crippen molar-refractivity contribution >= 4 is 12.4 Å². The Labute approximate surface area is 37.4 Å². The lowest BCUT2D eigenvalue weighted by atomic mass is 11.7. The summed E-state index contributed by atoms with van der Waals surface area (Å²) in [6, 6.07) is 0. The highest BCUT2D eigenvalue weighted by atomic mass is 35.5. The van der Waals surface area contributed by atoms with E-state index in [0.29, 0.717) is 6.54 Å². The molecule has 0 saturated heterocycles. The maximum Gasteiger partial charge on any atom is 0.0553 e. The molecule has 0 spiro atoms. The highest BCUT2D eigenvalue weighted by Crippen LogP contribution is 1.33. The summed E-state index contributed by atoms with van der Waals surface area (Å²) in [5.74, 6) is 0. The van der Waals surface area contributed by atoms with Crippen molar-refractivity contribution in [2.45, 2.75) is 0 Å². The van der Waals surface area contributed by atoms with Crippen molar-refractivity contribution in [1.29, 1.82) is 0 Å². The van der Waals surface area contributed by atoms with E-state index in [0.717, 1.165) is 0 Å². The average Bonchev–Trinajstić information content (AvgIpc) is 1.37. The van der Waals surface area contributed by atoms with Gasteiger partial charge in [-0.2, -0.15) is 0 Å². The zero-order valence-corrected chi connectivity index (χ0v) is 3.66. The molecule has 0 aliphatic rings. The number of halogens is 1. The summed E-state index contributed by atoms with van der Waals surface area (Å²) in [4.78, 5) is 0.